The van der Waals surface area contributed by atoms with Crippen molar-refractivity contribution < 1.29 is 4.79 Å². The topological polar surface area (TPSA) is 52.9 Å². The molecule has 1 aromatic rings. The SMILES string of the molecule is N#CC(Cc1ccccc1)C(=O)NC1CCCCCCC1. The lowest BCUT2D eigenvalue weighted by Crippen LogP contribution is -2.39. The molecule has 0 aliphatic heterocycles. The van der Waals surface area contributed by atoms with Crippen molar-refractivity contribution in [3.8, 4) is 6.07 Å². The van der Waals surface area contributed by atoms with Crippen molar-refractivity contribution in [1.82, 2.24) is 5.32 Å². The van der Waals surface area contributed by atoms with E-state index in [4.69, 9.17) is 0 Å². The first kappa shape index (κ1) is 15.6. The maximum Gasteiger partial charge on any atom is 0.237 e. The van der Waals surface area contributed by atoms with Crippen molar-refractivity contribution >= 4 is 5.91 Å². The van der Waals surface area contributed by atoms with Gasteiger partial charge in [0, 0.05) is 6.04 Å². The summed E-state index contributed by atoms with van der Waals surface area (Å²) in [6, 6.07) is 12.2. The summed E-state index contributed by atoms with van der Waals surface area (Å²) in [7, 11) is 0. The van der Waals surface area contributed by atoms with E-state index in [1.165, 1.54) is 32.1 Å². The van der Waals surface area contributed by atoms with E-state index in [-0.39, 0.29) is 11.9 Å². The van der Waals surface area contributed by atoms with Gasteiger partial charge in [-0.15, -0.1) is 0 Å². The summed E-state index contributed by atoms with van der Waals surface area (Å²) in [6.07, 6.45) is 8.80. The molecule has 1 atom stereocenters. The Kier molecular flexibility index (Phi) is 6.27. The van der Waals surface area contributed by atoms with E-state index in [1.54, 1.807) is 0 Å². The predicted molar refractivity (Wildman–Crippen MR) is 83.5 cm³/mol. The maximum absolute atomic E-state index is 12.3. The second-order valence-electron chi connectivity index (χ2n) is 5.92. The summed E-state index contributed by atoms with van der Waals surface area (Å²) in [5, 5.41) is 12.4. The van der Waals surface area contributed by atoms with Crippen molar-refractivity contribution in [3.63, 3.8) is 0 Å². The summed E-state index contributed by atoms with van der Waals surface area (Å²) in [4.78, 5) is 12.3. The first-order chi connectivity index (χ1) is 10.3. The molecule has 1 aromatic carbocycles. The fourth-order valence-electron chi connectivity index (χ4n) is 2.95. The number of hydrogen-bond acceptors (Lipinski definition) is 2. The standard InChI is InChI=1S/C18H24N2O/c19-14-16(13-15-9-5-4-6-10-15)18(21)20-17-11-7-2-1-3-8-12-17/h4-6,9-10,16-17H,1-3,7-8,11-13H2,(H,20,21). The van der Waals surface area contributed by atoms with Crippen LogP contribution in [0.1, 0.15) is 50.5 Å². The van der Waals surface area contributed by atoms with Gasteiger partial charge in [0.2, 0.25) is 5.91 Å². The molecular formula is C18H24N2O. The first-order valence-electron chi connectivity index (χ1n) is 8.03. The highest BCUT2D eigenvalue weighted by molar-refractivity contribution is 5.81. The smallest absolute Gasteiger partial charge is 0.237 e. The highest BCUT2D eigenvalue weighted by Gasteiger charge is 2.21. The summed E-state index contributed by atoms with van der Waals surface area (Å²) in [5.74, 6) is -0.690. The minimum absolute atomic E-state index is 0.105. The number of amides is 1. The molecule has 3 heteroatoms. The van der Waals surface area contributed by atoms with E-state index in [0.717, 1.165) is 18.4 Å². The van der Waals surface area contributed by atoms with Crippen LogP contribution in [-0.4, -0.2) is 11.9 Å². The van der Waals surface area contributed by atoms with E-state index in [0.29, 0.717) is 6.42 Å². The second kappa shape index (κ2) is 8.46. The number of carbonyl (C=O) groups is 1. The van der Waals surface area contributed by atoms with Crippen molar-refractivity contribution in [2.45, 2.75) is 57.4 Å². The number of benzene rings is 1. The van der Waals surface area contributed by atoms with Gasteiger partial charge in [0.25, 0.3) is 0 Å². The number of carbonyl (C=O) groups excluding carboxylic acids is 1. The average molecular weight is 284 g/mol. The molecule has 21 heavy (non-hydrogen) atoms. The van der Waals surface area contributed by atoms with Gasteiger partial charge in [-0.25, -0.2) is 0 Å². The highest BCUT2D eigenvalue weighted by atomic mass is 16.1. The Morgan fingerprint density at radius 2 is 1.76 bits per heavy atom. The van der Waals surface area contributed by atoms with E-state index >= 15 is 0 Å². The molecule has 0 radical (unpaired) electrons. The fraction of sp³-hybridized carbons (Fsp3) is 0.556. The van der Waals surface area contributed by atoms with Crippen LogP contribution in [-0.2, 0) is 11.2 Å². The van der Waals surface area contributed by atoms with Gasteiger partial charge < -0.3 is 5.32 Å². The molecule has 112 valence electrons. The molecule has 0 spiro atoms. The van der Waals surface area contributed by atoms with E-state index in [2.05, 4.69) is 11.4 Å². The third-order valence-corrected chi connectivity index (χ3v) is 4.21. The van der Waals surface area contributed by atoms with Gasteiger partial charge in [0.05, 0.1) is 6.07 Å². The second-order valence-corrected chi connectivity index (χ2v) is 5.92. The Morgan fingerprint density at radius 1 is 1.14 bits per heavy atom. The molecule has 3 nitrogen and oxygen atoms in total. The number of rotatable bonds is 4. The lowest BCUT2D eigenvalue weighted by Gasteiger charge is -2.22. The van der Waals surface area contributed by atoms with Gasteiger partial charge in [0.1, 0.15) is 5.92 Å². The Labute approximate surface area is 127 Å². The molecule has 0 aromatic heterocycles. The zero-order valence-corrected chi connectivity index (χ0v) is 12.6. The van der Waals surface area contributed by atoms with Crippen LogP contribution >= 0.6 is 0 Å². The molecule has 1 unspecified atom stereocenters. The van der Waals surface area contributed by atoms with Crippen molar-refractivity contribution in [1.29, 1.82) is 5.26 Å². The van der Waals surface area contributed by atoms with E-state index in [9.17, 15) is 10.1 Å². The monoisotopic (exact) mass is 284 g/mol. The molecule has 2 rings (SSSR count). The van der Waals surface area contributed by atoms with Crippen molar-refractivity contribution in [3.05, 3.63) is 35.9 Å². The summed E-state index contributed by atoms with van der Waals surface area (Å²) >= 11 is 0. The number of nitriles is 1. The Morgan fingerprint density at radius 3 is 2.38 bits per heavy atom. The normalized spacial score (nSPS) is 18.0. The van der Waals surface area contributed by atoms with Gasteiger partial charge in [0.15, 0.2) is 0 Å². The van der Waals surface area contributed by atoms with Gasteiger partial charge >= 0.3 is 0 Å². The molecule has 1 fully saturated rings. The van der Waals surface area contributed by atoms with Crippen LogP contribution in [0, 0.1) is 17.2 Å². The molecule has 0 saturated heterocycles. The van der Waals surface area contributed by atoms with Crippen LogP contribution in [0.2, 0.25) is 0 Å². The maximum atomic E-state index is 12.3. The van der Waals surface area contributed by atoms with Gasteiger partial charge in [-0.2, -0.15) is 5.26 Å². The molecule has 1 aliphatic rings. The van der Waals surface area contributed by atoms with Gasteiger partial charge in [-0.1, -0.05) is 62.4 Å². The summed E-state index contributed by atoms with van der Waals surface area (Å²) < 4.78 is 0. The molecule has 1 aliphatic carbocycles. The number of nitrogens with one attached hydrogen (secondary N) is 1. The first-order valence-corrected chi connectivity index (χ1v) is 8.03. The minimum atomic E-state index is -0.585. The Balaban J connectivity index is 1.88. The quantitative estimate of drug-likeness (QED) is 0.918. The zero-order valence-electron chi connectivity index (χ0n) is 12.6. The number of nitrogens with zero attached hydrogens (tertiary/aromatic N) is 1. The molecule has 1 N–H and O–H groups in total. The fourth-order valence-corrected chi connectivity index (χ4v) is 2.95. The molecule has 0 heterocycles. The van der Waals surface area contributed by atoms with Crippen molar-refractivity contribution in [2.75, 3.05) is 0 Å². The van der Waals surface area contributed by atoms with Gasteiger partial charge in [-0.05, 0) is 24.8 Å². The highest BCUT2D eigenvalue weighted by Crippen LogP contribution is 2.18. The third kappa shape index (κ3) is 5.23. The summed E-state index contributed by atoms with van der Waals surface area (Å²) in [6.45, 7) is 0. The Hall–Kier alpha value is -1.82. The lowest BCUT2D eigenvalue weighted by molar-refractivity contribution is -0.124. The summed E-state index contributed by atoms with van der Waals surface area (Å²) in [5.41, 5.74) is 1.04. The van der Waals surface area contributed by atoms with Crippen LogP contribution < -0.4 is 5.32 Å². The van der Waals surface area contributed by atoms with Crippen LogP contribution in [0.5, 0.6) is 0 Å². The van der Waals surface area contributed by atoms with Crippen LogP contribution in [0.15, 0.2) is 30.3 Å². The molecule has 0 bridgehead atoms. The van der Waals surface area contributed by atoms with E-state index < -0.39 is 5.92 Å². The molecular weight excluding hydrogens is 260 g/mol. The molecule has 1 amide bonds. The zero-order chi connectivity index (χ0) is 14.9. The van der Waals surface area contributed by atoms with E-state index in [1.807, 2.05) is 30.3 Å². The Bertz CT molecular complexity index is 470. The van der Waals surface area contributed by atoms with Crippen LogP contribution in [0.25, 0.3) is 0 Å². The minimum Gasteiger partial charge on any atom is -0.352 e. The van der Waals surface area contributed by atoms with Crippen LogP contribution in [0.3, 0.4) is 0 Å². The predicted octanol–water partition coefficient (Wildman–Crippen LogP) is 3.60. The number of hydrogen-bond donors (Lipinski definition) is 1. The van der Waals surface area contributed by atoms with Crippen molar-refractivity contribution in [2.24, 2.45) is 5.92 Å². The largest absolute Gasteiger partial charge is 0.352 e. The van der Waals surface area contributed by atoms with Gasteiger partial charge in [-0.3, -0.25) is 4.79 Å². The third-order valence-electron chi connectivity index (χ3n) is 4.21. The average Bonchev–Trinajstić information content (AvgIpc) is 2.48. The molecule has 1 saturated carbocycles. The lowest BCUT2D eigenvalue weighted by atomic mass is 9.95. The van der Waals surface area contributed by atoms with Crippen LogP contribution in [0.4, 0.5) is 0 Å².